The highest BCUT2D eigenvalue weighted by Gasteiger charge is 2.42. The number of rotatable bonds is 5. The molecule has 1 heterocycles. The first-order valence-electron chi connectivity index (χ1n) is 8.24. The normalized spacial score (nSPS) is 39.8. The zero-order valence-corrected chi connectivity index (χ0v) is 13.7. The van der Waals surface area contributed by atoms with Crippen LogP contribution >= 0.6 is 0 Å². The molecule has 0 aromatic carbocycles. The van der Waals surface area contributed by atoms with E-state index in [0.717, 1.165) is 32.1 Å². The molecule has 2 aliphatic carbocycles. The quantitative estimate of drug-likeness (QED) is 0.774. The van der Waals surface area contributed by atoms with Crippen LogP contribution in [0.15, 0.2) is 0 Å². The van der Waals surface area contributed by atoms with Gasteiger partial charge in [-0.05, 0) is 52.0 Å². The average molecular weight is 316 g/mol. The van der Waals surface area contributed by atoms with Crippen LogP contribution in [-0.2, 0) is 9.84 Å². The van der Waals surface area contributed by atoms with Crippen LogP contribution in [-0.4, -0.2) is 67.2 Å². The van der Waals surface area contributed by atoms with Gasteiger partial charge in [0.25, 0.3) is 0 Å². The molecule has 2 saturated carbocycles. The van der Waals surface area contributed by atoms with Gasteiger partial charge in [-0.15, -0.1) is 0 Å². The third-order valence-corrected chi connectivity index (χ3v) is 7.32. The number of nitrogens with one attached hydrogen (secondary N) is 1. The number of nitrogens with zero attached hydrogens (tertiary/aromatic N) is 1. The van der Waals surface area contributed by atoms with Gasteiger partial charge in [0.05, 0.1) is 18.1 Å². The molecule has 122 valence electrons. The molecule has 3 atom stereocenters. The monoisotopic (exact) mass is 316 g/mol. The summed E-state index contributed by atoms with van der Waals surface area (Å²) >= 11 is 0. The maximum Gasteiger partial charge on any atom is 0.151 e. The van der Waals surface area contributed by atoms with Crippen LogP contribution in [0.25, 0.3) is 0 Å². The van der Waals surface area contributed by atoms with Crippen molar-refractivity contribution in [2.45, 2.75) is 68.6 Å². The topological polar surface area (TPSA) is 69.6 Å². The molecule has 0 aromatic heterocycles. The molecule has 1 aliphatic heterocycles. The lowest BCUT2D eigenvalue weighted by Gasteiger charge is -2.45. The van der Waals surface area contributed by atoms with Crippen molar-refractivity contribution in [3.8, 4) is 0 Å². The Hall–Kier alpha value is -0.170. The van der Waals surface area contributed by atoms with Crippen LogP contribution in [0.2, 0.25) is 0 Å². The SMILES string of the molecule is CN(C1CCCC(CO)(NC2CC2)C1)C1CCS(=O)(=O)C1. The molecule has 3 aliphatic rings. The van der Waals surface area contributed by atoms with Crippen LogP contribution in [0, 0.1) is 0 Å². The zero-order valence-electron chi connectivity index (χ0n) is 12.9. The number of aliphatic hydroxyl groups is 1. The second-order valence-electron chi connectivity index (χ2n) is 7.33. The smallest absolute Gasteiger partial charge is 0.151 e. The van der Waals surface area contributed by atoms with Gasteiger partial charge in [0.2, 0.25) is 0 Å². The van der Waals surface area contributed by atoms with E-state index in [2.05, 4.69) is 17.3 Å². The number of aliphatic hydroxyl groups excluding tert-OH is 1. The number of hydrogen-bond donors (Lipinski definition) is 2. The Kier molecular flexibility index (Phi) is 4.34. The van der Waals surface area contributed by atoms with Crippen LogP contribution in [0.4, 0.5) is 0 Å². The Balaban J connectivity index is 1.64. The summed E-state index contributed by atoms with van der Waals surface area (Å²) in [7, 11) is -0.759. The van der Waals surface area contributed by atoms with Crippen molar-refractivity contribution < 1.29 is 13.5 Å². The number of sulfone groups is 1. The molecule has 6 heteroatoms. The van der Waals surface area contributed by atoms with Gasteiger partial charge in [-0.25, -0.2) is 8.42 Å². The van der Waals surface area contributed by atoms with E-state index in [1.807, 2.05) is 0 Å². The van der Waals surface area contributed by atoms with E-state index in [0.29, 0.717) is 23.6 Å². The van der Waals surface area contributed by atoms with Crippen molar-refractivity contribution in [3.05, 3.63) is 0 Å². The van der Waals surface area contributed by atoms with Gasteiger partial charge in [-0.2, -0.15) is 0 Å². The fourth-order valence-electron chi connectivity index (χ4n) is 4.05. The summed E-state index contributed by atoms with van der Waals surface area (Å²) in [6.45, 7) is 0.191. The second kappa shape index (κ2) is 5.80. The van der Waals surface area contributed by atoms with Gasteiger partial charge in [0, 0.05) is 23.7 Å². The highest BCUT2D eigenvalue weighted by molar-refractivity contribution is 7.91. The minimum absolute atomic E-state index is 0.143. The van der Waals surface area contributed by atoms with Crippen molar-refractivity contribution in [1.82, 2.24) is 10.2 Å². The molecule has 0 spiro atoms. The van der Waals surface area contributed by atoms with Crippen LogP contribution < -0.4 is 5.32 Å². The van der Waals surface area contributed by atoms with Gasteiger partial charge in [-0.1, -0.05) is 0 Å². The standard InChI is InChI=1S/C15H28N2O3S/c1-17(14-6-8-21(19,20)10-14)13-3-2-7-15(9-13,11-18)16-12-4-5-12/h12-14,16,18H,2-11H2,1H3. The second-order valence-corrected chi connectivity index (χ2v) is 9.56. The van der Waals surface area contributed by atoms with E-state index in [4.69, 9.17) is 0 Å². The summed E-state index contributed by atoms with van der Waals surface area (Å²) in [4.78, 5) is 2.28. The molecule has 21 heavy (non-hydrogen) atoms. The predicted octanol–water partition coefficient (Wildman–Crippen LogP) is 0.531. The van der Waals surface area contributed by atoms with Crippen LogP contribution in [0.3, 0.4) is 0 Å². The van der Waals surface area contributed by atoms with Crippen molar-refractivity contribution in [2.75, 3.05) is 25.2 Å². The Morgan fingerprint density at radius 1 is 1.24 bits per heavy atom. The van der Waals surface area contributed by atoms with Crippen molar-refractivity contribution in [3.63, 3.8) is 0 Å². The Morgan fingerprint density at radius 2 is 2.00 bits per heavy atom. The van der Waals surface area contributed by atoms with Gasteiger partial charge < -0.3 is 10.4 Å². The average Bonchev–Trinajstić information content (AvgIpc) is 3.19. The zero-order chi connectivity index (χ0) is 15.1. The molecule has 3 fully saturated rings. The van der Waals surface area contributed by atoms with Crippen molar-refractivity contribution in [2.24, 2.45) is 0 Å². The molecule has 2 N–H and O–H groups in total. The largest absolute Gasteiger partial charge is 0.394 e. The summed E-state index contributed by atoms with van der Waals surface area (Å²) in [5.41, 5.74) is -0.143. The molecule has 0 aromatic rings. The molecular weight excluding hydrogens is 288 g/mol. The predicted molar refractivity (Wildman–Crippen MR) is 83.1 cm³/mol. The molecule has 0 bridgehead atoms. The van der Waals surface area contributed by atoms with Crippen molar-refractivity contribution in [1.29, 1.82) is 0 Å². The summed E-state index contributed by atoms with van der Waals surface area (Å²) < 4.78 is 23.4. The lowest BCUT2D eigenvalue weighted by atomic mass is 9.78. The van der Waals surface area contributed by atoms with E-state index in [9.17, 15) is 13.5 Å². The van der Waals surface area contributed by atoms with Crippen molar-refractivity contribution >= 4 is 9.84 Å². The van der Waals surface area contributed by atoms with E-state index in [1.54, 1.807) is 0 Å². The van der Waals surface area contributed by atoms with Crippen LogP contribution in [0.1, 0.15) is 44.9 Å². The Morgan fingerprint density at radius 3 is 2.57 bits per heavy atom. The maximum atomic E-state index is 11.7. The fraction of sp³-hybridized carbons (Fsp3) is 1.00. The third-order valence-electron chi connectivity index (χ3n) is 5.57. The molecule has 0 radical (unpaired) electrons. The van der Waals surface area contributed by atoms with Gasteiger partial charge >= 0.3 is 0 Å². The highest BCUT2D eigenvalue weighted by atomic mass is 32.2. The lowest BCUT2D eigenvalue weighted by molar-refractivity contribution is 0.0555. The Labute approximate surface area is 128 Å². The summed E-state index contributed by atoms with van der Waals surface area (Å²) in [6.07, 6.45) is 7.40. The molecular formula is C15H28N2O3S. The van der Waals surface area contributed by atoms with Gasteiger partial charge in [0.1, 0.15) is 0 Å². The number of hydrogen-bond acceptors (Lipinski definition) is 5. The third kappa shape index (κ3) is 3.60. The molecule has 3 unspecified atom stereocenters. The van der Waals surface area contributed by atoms with E-state index in [1.165, 1.54) is 12.8 Å². The minimum atomic E-state index is -2.83. The summed E-state index contributed by atoms with van der Waals surface area (Å²) in [5, 5.41) is 13.5. The molecule has 0 amide bonds. The van der Waals surface area contributed by atoms with Gasteiger partial charge in [-0.3, -0.25) is 4.90 Å². The van der Waals surface area contributed by atoms with E-state index < -0.39 is 9.84 Å². The summed E-state index contributed by atoms with van der Waals surface area (Å²) in [6, 6.07) is 1.14. The first-order chi connectivity index (χ1) is 9.93. The maximum absolute atomic E-state index is 11.7. The van der Waals surface area contributed by atoms with Crippen LogP contribution in [0.5, 0.6) is 0 Å². The Bertz CT molecular complexity index is 477. The lowest BCUT2D eigenvalue weighted by Crippen LogP contribution is -2.57. The highest BCUT2D eigenvalue weighted by Crippen LogP contribution is 2.35. The van der Waals surface area contributed by atoms with E-state index in [-0.39, 0.29) is 18.2 Å². The molecule has 5 nitrogen and oxygen atoms in total. The van der Waals surface area contributed by atoms with Gasteiger partial charge in [0.15, 0.2) is 9.84 Å². The fourth-order valence-corrected chi connectivity index (χ4v) is 5.84. The molecule has 3 rings (SSSR count). The molecule has 1 saturated heterocycles. The van der Waals surface area contributed by atoms with E-state index >= 15 is 0 Å². The first kappa shape index (κ1) is 15.7. The minimum Gasteiger partial charge on any atom is -0.394 e. The summed E-state index contributed by atoms with van der Waals surface area (Å²) in [5.74, 6) is 0.641. The first-order valence-corrected chi connectivity index (χ1v) is 10.1.